The Bertz CT molecular complexity index is 339. The molecule has 18 heavy (non-hydrogen) atoms. The van der Waals surface area contributed by atoms with Crippen LogP contribution in [0.15, 0.2) is 0 Å². The van der Waals surface area contributed by atoms with Crippen molar-refractivity contribution >= 4 is 12.0 Å². The topological polar surface area (TPSA) is 87.7 Å². The zero-order valence-corrected chi connectivity index (χ0v) is 11.4. The lowest BCUT2D eigenvalue weighted by Crippen LogP contribution is -2.58. The van der Waals surface area contributed by atoms with Crippen molar-refractivity contribution in [2.24, 2.45) is 5.92 Å². The molecule has 0 aliphatic heterocycles. The molecule has 0 radical (unpaired) electrons. The van der Waals surface area contributed by atoms with Crippen LogP contribution in [0.4, 0.5) is 4.79 Å². The first-order chi connectivity index (χ1) is 8.21. The van der Waals surface area contributed by atoms with Crippen LogP contribution in [-0.2, 0) is 9.53 Å². The number of amides is 2. The molecular formula is C12H22N2O4. The zero-order chi connectivity index (χ0) is 14.0. The van der Waals surface area contributed by atoms with Crippen molar-refractivity contribution in [3.8, 4) is 0 Å². The van der Waals surface area contributed by atoms with E-state index in [1.165, 1.54) is 0 Å². The molecular weight excluding hydrogens is 236 g/mol. The molecule has 1 atom stereocenters. The average molecular weight is 258 g/mol. The van der Waals surface area contributed by atoms with Gasteiger partial charge in [0.2, 0.25) is 0 Å². The molecule has 0 heterocycles. The highest BCUT2D eigenvalue weighted by Gasteiger charge is 2.48. The summed E-state index contributed by atoms with van der Waals surface area (Å²) in [6, 6.07) is -0.475. The number of carboxylic acid groups (broad SMARTS) is 1. The minimum Gasteiger partial charge on any atom is -0.480 e. The van der Waals surface area contributed by atoms with Gasteiger partial charge in [0.25, 0.3) is 0 Å². The Balaban J connectivity index is 2.50. The molecule has 0 aromatic carbocycles. The third-order valence-corrected chi connectivity index (χ3v) is 3.44. The second-order valence-electron chi connectivity index (χ2n) is 5.55. The van der Waals surface area contributed by atoms with E-state index in [1.54, 1.807) is 14.0 Å². The molecule has 104 valence electrons. The average Bonchev–Trinajstić information content (AvgIpc) is 3.10. The summed E-state index contributed by atoms with van der Waals surface area (Å²) in [7, 11) is 1.56. The number of hydrogen-bond acceptors (Lipinski definition) is 3. The lowest BCUT2D eigenvalue weighted by Gasteiger charge is -2.28. The SMILES string of the molecule is COC(C)(C)CNC(=O)NC(C)(C(=O)O)C1CC1. The molecule has 0 aromatic heterocycles. The van der Waals surface area contributed by atoms with E-state index in [0.717, 1.165) is 12.8 Å². The van der Waals surface area contributed by atoms with Crippen LogP contribution in [0.25, 0.3) is 0 Å². The lowest BCUT2D eigenvalue weighted by molar-refractivity contribution is -0.144. The Morgan fingerprint density at radius 3 is 2.28 bits per heavy atom. The smallest absolute Gasteiger partial charge is 0.329 e. The van der Waals surface area contributed by atoms with Gasteiger partial charge in [-0.2, -0.15) is 0 Å². The van der Waals surface area contributed by atoms with Gasteiger partial charge in [-0.3, -0.25) is 0 Å². The van der Waals surface area contributed by atoms with Crippen LogP contribution in [0.2, 0.25) is 0 Å². The van der Waals surface area contributed by atoms with Gasteiger partial charge in [0.1, 0.15) is 5.54 Å². The van der Waals surface area contributed by atoms with Crippen LogP contribution in [0.3, 0.4) is 0 Å². The van der Waals surface area contributed by atoms with E-state index < -0.39 is 23.1 Å². The number of hydrogen-bond donors (Lipinski definition) is 3. The number of ether oxygens (including phenoxy) is 1. The summed E-state index contributed by atoms with van der Waals surface area (Å²) in [5.74, 6) is -0.970. The maximum Gasteiger partial charge on any atom is 0.329 e. The zero-order valence-electron chi connectivity index (χ0n) is 11.4. The molecule has 6 nitrogen and oxygen atoms in total. The highest BCUT2D eigenvalue weighted by Crippen LogP contribution is 2.39. The van der Waals surface area contributed by atoms with E-state index in [-0.39, 0.29) is 5.92 Å². The second-order valence-corrected chi connectivity index (χ2v) is 5.55. The van der Waals surface area contributed by atoms with Crippen LogP contribution < -0.4 is 10.6 Å². The van der Waals surface area contributed by atoms with Crippen molar-refractivity contribution < 1.29 is 19.4 Å². The van der Waals surface area contributed by atoms with Crippen molar-refractivity contribution in [2.45, 2.75) is 44.8 Å². The van der Waals surface area contributed by atoms with Crippen LogP contribution in [0.5, 0.6) is 0 Å². The number of rotatable bonds is 6. The predicted molar refractivity (Wildman–Crippen MR) is 66.4 cm³/mol. The first-order valence-corrected chi connectivity index (χ1v) is 6.06. The molecule has 1 rings (SSSR count). The highest BCUT2D eigenvalue weighted by atomic mass is 16.5. The van der Waals surface area contributed by atoms with Gasteiger partial charge in [0, 0.05) is 13.7 Å². The normalized spacial score (nSPS) is 18.9. The molecule has 0 bridgehead atoms. The predicted octanol–water partition coefficient (Wildman–Crippen LogP) is 0.964. The van der Waals surface area contributed by atoms with Crippen molar-refractivity contribution in [1.82, 2.24) is 10.6 Å². The largest absolute Gasteiger partial charge is 0.480 e. The quantitative estimate of drug-likeness (QED) is 0.662. The molecule has 1 aliphatic carbocycles. The highest BCUT2D eigenvalue weighted by molar-refractivity contribution is 5.86. The van der Waals surface area contributed by atoms with Gasteiger partial charge < -0.3 is 20.5 Å². The van der Waals surface area contributed by atoms with Crippen LogP contribution in [0.1, 0.15) is 33.6 Å². The minimum absolute atomic E-state index is 0.0242. The van der Waals surface area contributed by atoms with E-state index in [0.29, 0.717) is 6.54 Å². The fourth-order valence-corrected chi connectivity index (χ4v) is 1.64. The number of methoxy groups -OCH3 is 1. The first-order valence-electron chi connectivity index (χ1n) is 6.06. The number of nitrogens with one attached hydrogen (secondary N) is 2. The van der Waals surface area contributed by atoms with E-state index in [9.17, 15) is 14.7 Å². The van der Waals surface area contributed by atoms with Crippen molar-refractivity contribution in [3.63, 3.8) is 0 Å². The Morgan fingerprint density at radius 1 is 1.33 bits per heavy atom. The molecule has 2 amide bonds. The number of carbonyl (C=O) groups excluding carboxylic acids is 1. The summed E-state index contributed by atoms with van der Waals surface area (Å²) >= 11 is 0. The number of carboxylic acids is 1. The summed E-state index contributed by atoms with van der Waals surface area (Å²) < 4.78 is 5.17. The summed E-state index contributed by atoms with van der Waals surface area (Å²) in [6.07, 6.45) is 1.68. The molecule has 1 aliphatic rings. The van der Waals surface area contributed by atoms with E-state index in [1.807, 2.05) is 13.8 Å². The third-order valence-electron chi connectivity index (χ3n) is 3.44. The van der Waals surface area contributed by atoms with E-state index in [2.05, 4.69) is 10.6 Å². The maximum absolute atomic E-state index is 11.7. The van der Waals surface area contributed by atoms with Gasteiger partial charge in [-0.25, -0.2) is 9.59 Å². The van der Waals surface area contributed by atoms with Crippen molar-refractivity contribution in [3.05, 3.63) is 0 Å². The van der Waals surface area contributed by atoms with Crippen molar-refractivity contribution in [1.29, 1.82) is 0 Å². The number of carbonyl (C=O) groups is 2. The molecule has 1 unspecified atom stereocenters. The van der Waals surface area contributed by atoms with Crippen LogP contribution in [-0.4, -0.2) is 41.9 Å². The Kier molecular flexibility index (Phi) is 4.21. The van der Waals surface area contributed by atoms with Gasteiger partial charge in [-0.05, 0) is 39.5 Å². The molecule has 1 saturated carbocycles. The second kappa shape index (κ2) is 5.14. The van der Waals surface area contributed by atoms with Gasteiger partial charge in [0.05, 0.1) is 5.60 Å². The maximum atomic E-state index is 11.7. The molecule has 1 fully saturated rings. The fraction of sp³-hybridized carbons (Fsp3) is 0.833. The van der Waals surface area contributed by atoms with Crippen LogP contribution in [0, 0.1) is 5.92 Å². The summed E-state index contributed by atoms with van der Waals surface area (Å²) in [6.45, 7) is 5.54. The lowest BCUT2D eigenvalue weighted by atomic mass is 9.96. The van der Waals surface area contributed by atoms with Crippen molar-refractivity contribution in [2.75, 3.05) is 13.7 Å². The van der Waals surface area contributed by atoms with Gasteiger partial charge in [-0.15, -0.1) is 0 Å². The Hall–Kier alpha value is -1.30. The molecule has 0 saturated heterocycles. The van der Waals surface area contributed by atoms with Crippen LogP contribution >= 0.6 is 0 Å². The first kappa shape index (κ1) is 14.8. The minimum atomic E-state index is -1.18. The Labute approximate surface area is 107 Å². The standard InChI is InChI=1S/C12H22N2O4/c1-11(2,18-4)7-13-10(17)14-12(3,9(15)16)8-5-6-8/h8H,5-7H2,1-4H3,(H,15,16)(H2,13,14,17). The summed E-state index contributed by atoms with van der Waals surface area (Å²) in [5.41, 5.74) is -1.65. The fourth-order valence-electron chi connectivity index (χ4n) is 1.64. The molecule has 0 aromatic rings. The summed E-state index contributed by atoms with van der Waals surface area (Å²) in [5, 5.41) is 14.4. The van der Waals surface area contributed by atoms with Gasteiger partial charge in [-0.1, -0.05) is 0 Å². The molecule has 0 spiro atoms. The van der Waals surface area contributed by atoms with Gasteiger partial charge >= 0.3 is 12.0 Å². The monoisotopic (exact) mass is 258 g/mol. The summed E-state index contributed by atoms with van der Waals surface area (Å²) in [4.78, 5) is 22.9. The van der Waals surface area contributed by atoms with E-state index in [4.69, 9.17) is 4.74 Å². The molecule has 3 N–H and O–H groups in total. The molecule has 6 heteroatoms. The Morgan fingerprint density at radius 2 is 1.89 bits per heavy atom. The number of aliphatic carboxylic acids is 1. The third kappa shape index (κ3) is 3.60. The van der Waals surface area contributed by atoms with E-state index >= 15 is 0 Å². The number of urea groups is 1. The van der Waals surface area contributed by atoms with Gasteiger partial charge in [0.15, 0.2) is 0 Å².